The van der Waals surface area contributed by atoms with Crippen molar-refractivity contribution in [3.8, 4) is 5.75 Å². The van der Waals surface area contributed by atoms with Gasteiger partial charge in [0.15, 0.2) is 5.13 Å². The van der Waals surface area contributed by atoms with E-state index in [0.29, 0.717) is 29.7 Å². The first-order valence-corrected chi connectivity index (χ1v) is 8.93. The number of rotatable bonds is 4. The second-order valence-electron chi connectivity index (χ2n) is 6.06. The third-order valence-corrected chi connectivity index (χ3v) is 5.21. The molecule has 26 heavy (non-hydrogen) atoms. The molecule has 1 amide bonds. The number of ether oxygens (including phenoxy) is 1. The van der Waals surface area contributed by atoms with E-state index in [1.165, 1.54) is 23.5 Å². The maximum Gasteiger partial charge on any atom is 0.226 e. The monoisotopic (exact) mass is 369 g/mol. The minimum Gasteiger partial charge on any atom is -0.489 e. The smallest absolute Gasteiger partial charge is 0.226 e. The number of hydrogen-bond acceptors (Lipinski definition) is 5. The fraction of sp³-hybridized carbons (Fsp3) is 0.158. The van der Waals surface area contributed by atoms with Crippen molar-refractivity contribution in [2.24, 2.45) is 0 Å². The summed E-state index contributed by atoms with van der Waals surface area (Å²) in [6, 6.07) is 13.8. The number of amides is 1. The van der Waals surface area contributed by atoms with E-state index in [-0.39, 0.29) is 17.6 Å². The molecule has 2 aromatic carbocycles. The number of thiazole rings is 1. The predicted molar refractivity (Wildman–Crippen MR) is 98.8 cm³/mol. The van der Waals surface area contributed by atoms with Crippen molar-refractivity contribution in [2.45, 2.75) is 18.9 Å². The highest BCUT2D eigenvalue weighted by Crippen LogP contribution is 2.42. The van der Waals surface area contributed by atoms with Crippen LogP contribution in [0.2, 0.25) is 0 Å². The number of hydrogen-bond donors (Lipinski definition) is 2. The molecule has 1 atom stereocenters. The molecular weight excluding hydrogens is 353 g/mol. The molecule has 132 valence electrons. The topological polar surface area (TPSA) is 77.2 Å². The number of aromatic nitrogens is 1. The first-order chi connectivity index (χ1) is 12.6. The molecule has 0 fully saturated rings. The largest absolute Gasteiger partial charge is 0.489 e. The Kier molecular flexibility index (Phi) is 4.30. The van der Waals surface area contributed by atoms with Gasteiger partial charge in [0.05, 0.1) is 4.88 Å². The highest BCUT2D eigenvalue weighted by atomic mass is 32.1. The van der Waals surface area contributed by atoms with Gasteiger partial charge in [-0.2, -0.15) is 0 Å². The normalized spacial score (nSPS) is 16.0. The van der Waals surface area contributed by atoms with E-state index in [2.05, 4.69) is 10.3 Å². The van der Waals surface area contributed by atoms with E-state index in [9.17, 15) is 9.18 Å². The van der Waals surface area contributed by atoms with Crippen molar-refractivity contribution in [3.05, 3.63) is 70.4 Å². The van der Waals surface area contributed by atoms with Crippen LogP contribution in [0.15, 0.2) is 48.5 Å². The summed E-state index contributed by atoms with van der Waals surface area (Å²) in [6.07, 6.45) is 0.343. The van der Waals surface area contributed by atoms with Crippen LogP contribution in [-0.4, -0.2) is 10.9 Å². The summed E-state index contributed by atoms with van der Waals surface area (Å²) in [6.45, 7) is 0.341. The summed E-state index contributed by atoms with van der Waals surface area (Å²) in [4.78, 5) is 17.1. The van der Waals surface area contributed by atoms with E-state index in [4.69, 9.17) is 10.5 Å². The summed E-state index contributed by atoms with van der Waals surface area (Å²) in [5, 5.41) is 3.20. The van der Waals surface area contributed by atoms with E-state index in [1.807, 2.05) is 24.3 Å². The number of anilines is 2. The number of nitrogens with two attached hydrogens (primary N) is 1. The summed E-state index contributed by atoms with van der Waals surface area (Å²) in [5.74, 6) is 0.794. The molecular formula is C19H16FN3O2S. The molecule has 0 spiro atoms. The Balaban J connectivity index is 1.56. The van der Waals surface area contributed by atoms with Crippen LogP contribution >= 0.6 is 11.3 Å². The molecule has 3 N–H and O–H groups in total. The van der Waals surface area contributed by atoms with Gasteiger partial charge in [-0.05, 0) is 35.4 Å². The minimum absolute atomic E-state index is 0.0783. The standard InChI is InChI=1S/C19H16FN3O2S/c20-13-6-4-11(5-7-13)10-25-14-3-1-2-12(8-14)15-9-16(24)22-18-17(15)26-19(21)23-18/h1-8,15H,9-10H2,(H2,21,23)(H,22,24)/t15-/m1/s1. The van der Waals surface area contributed by atoms with Gasteiger partial charge in [0.1, 0.15) is 24.0 Å². The van der Waals surface area contributed by atoms with Gasteiger partial charge in [-0.15, -0.1) is 0 Å². The number of nitrogens with zero attached hydrogens (tertiary/aromatic N) is 1. The number of benzene rings is 2. The summed E-state index contributed by atoms with van der Waals surface area (Å²) in [5.41, 5.74) is 7.66. The molecule has 1 aromatic heterocycles. The van der Waals surface area contributed by atoms with Gasteiger partial charge < -0.3 is 15.8 Å². The lowest BCUT2D eigenvalue weighted by atomic mass is 9.91. The van der Waals surface area contributed by atoms with Crippen LogP contribution in [0.5, 0.6) is 5.75 Å². The molecule has 5 nitrogen and oxygen atoms in total. The van der Waals surface area contributed by atoms with Crippen molar-refractivity contribution in [1.29, 1.82) is 0 Å². The van der Waals surface area contributed by atoms with E-state index < -0.39 is 0 Å². The summed E-state index contributed by atoms with van der Waals surface area (Å²) < 4.78 is 18.8. The van der Waals surface area contributed by atoms with E-state index in [1.54, 1.807) is 12.1 Å². The van der Waals surface area contributed by atoms with Crippen LogP contribution in [0.3, 0.4) is 0 Å². The molecule has 0 bridgehead atoms. The lowest BCUT2D eigenvalue weighted by Crippen LogP contribution is -2.22. The molecule has 2 heterocycles. The number of nitrogens with one attached hydrogen (secondary N) is 1. The van der Waals surface area contributed by atoms with Crippen molar-refractivity contribution < 1.29 is 13.9 Å². The molecule has 0 unspecified atom stereocenters. The van der Waals surface area contributed by atoms with Gasteiger partial charge in [-0.25, -0.2) is 9.37 Å². The zero-order chi connectivity index (χ0) is 18.1. The summed E-state index contributed by atoms with van der Waals surface area (Å²) in [7, 11) is 0. The van der Waals surface area contributed by atoms with Gasteiger partial charge >= 0.3 is 0 Å². The second kappa shape index (κ2) is 6.76. The number of halogens is 1. The lowest BCUT2D eigenvalue weighted by Gasteiger charge is -2.22. The van der Waals surface area contributed by atoms with E-state index in [0.717, 1.165) is 16.0 Å². The number of nitrogen functional groups attached to an aromatic ring is 1. The summed E-state index contributed by atoms with van der Waals surface area (Å²) >= 11 is 1.39. The second-order valence-corrected chi connectivity index (χ2v) is 7.12. The molecule has 0 saturated carbocycles. The highest BCUT2D eigenvalue weighted by molar-refractivity contribution is 7.16. The Morgan fingerprint density at radius 2 is 2.08 bits per heavy atom. The van der Waals surface area contributed by atoms with Crippen LogP contribution in [0, 0.1) is 5.82 Å². The van der Waals surface area contributed by atoms with Crippen LogP contribution in [0.25, 0.3) is 0 Å². The SMILES string of the molecule is Nc1nc2c(s1)[C@@H](c1cccc(OCc3ccc(F)cc3)c1)CC(=O)N2. The number of fused-ring (bicyclic) bond motifs is 1. The Hall–Kier alpha value is -2.93. The van der Waals surface area contributed by atoms with Gasteiger partial charge in [0.25, 0.3) is 0 Å². The Labute approximate surface area is 153 Å². The van der Waals surface area contributed by atoms with Gasteiger partial charge in [-0.1, -0.05) is 35.6 Å². The maximum absolute atomic E-state index is 13.0. The zero-order valence-electron chi connectivity index (χ0n) is 13.7. The molecule has 1 aliphatic rings. The van der Waals surface area contributed by atoms with Gasteiger partial charge in [0.2, 0.25) is 5.91 Å². The molecule has 0 radical (unpaired) electrons. The maximum atomic E-state index is 13.0. The Morgan fingerprint density at radius 3 is 2.88 bits per heavy atom. The molecule has 7 heteroatoms. The number of carbonyl (C=O) groups excluding carboxylic acids is 1. The average Bonchev–Trinajstić information content (AvgIpc) is 3.00. The van der Waals surface area contributed by atoms with Crippen molar-refractivity contribution >= 4 is 28.2 Å². The van der Waals surface area contributed by atoms with Crippen LogP contribution in [0.1, 0.15) is 28.3 Å². The molecule has 4 rings (SSSR count). The zero-order valence-corrected chi connectivity index (χ0v) is 14.6. The van der Waals surface area contributed by atoms with Crippen molar-refractivity contribution in [3.63, 3.8) is 0 Å². The molecule has 0 aliphatic carbocycles. The quantitative estimate of drug-likeness (QED) is 0.731. The fourth-order valence-corrected chi connectivity index (χ4v) is 3.89. The first kappa shape index (κ1) is 16.5. The fourth-order valence-electron chi connectivity index (χ4n) is 2.97. The van der Waals surface area contributed by atoms with Gasteiger partial charge in [0, 0.05) is 12.3 Å². The van der Waals surface area contributed by atoms with Crippen molar-refractivity contribution in [1.82, 2.24) is 4.98 Å². The van der Waals surface area contributed by atoms with Crippen LogP contribution in [-0.2, 0) is 11.4 Å². The predicted octanol–water partition coefficient (Wildman–Crippen LogP) is 3.92. The van der Waals surface area contributed by atoms with Crippen LogP contribution < -0.4 is 15.8 Å². The van der Waals surface area contributed by atoms with Gasteiger partial charge in [-0.3, -0.25) is 4.79 Å². The number of carbonyl (C=O) groups is 1. The van der Waals surface area contributed by atoms with E-state index >= 15 is 0 Å². The molecule has 1 aliphatic heterocycles. The minimum atomic E-state index is -0.272. The third kappa shape index (κ3) is 3.39. The molecule has 3 aromatic rings. The lowest BCUT2D eigenvalue weighted by molar-refractivity contribution is -0.116. The molecule has 0 saturated heterocycles. The average molecular weight is 369 g/mol. The van der Waals surface area contributed by atoms with Crippen LogP contribution in [0.4, 0.5) is 15.3 Å². The van der Waals surface area contributed by atoms with Crippen molar-refractivity contribution in [2.75, 3.05) is 11.1 Å². The first-order valence-electron chi connectivity index (χ1n) is 8.12. The Morgan fingerprint density at radius 1 is 1.27 bits per heavy atom. The third-order valence-electron chi connectivity index (χ3n) is 4.21. The Bertz CT molecular complexity index is 956. The highest BCUT2D eigenvalue weighted by Gasteiger charge is 2.30.